The Balaban J connectivity index is 2.30. The van der Waals surface area contributed by atoms with Crippen LogP contribution < -0.4 is 0 Å². The zero-order valence-corrected chi connectivity index (χ0v) is 10.8. The monoisotopic (exact) mass is 269 g/mol. The van der Waals surface area contributed by atoms with Crippen molar-refractivity contribution in [2.45, 2.75) is 0 Å². The van der Waals surface area contributed by atoms with Gasteiger partial charge in [-0.2, -0.15) is 5.10 Å². The van der Waals surface area contributed by atoms with Gasteiger partial charge in [-0.15, -0.1) is 0 Å². The number of aryl methyl sites for hydroxylation is 1. The van der Waals surface area contributed by atoms with Crippen molar-refractivity contribution in [3.8, 4) is 11.3 Å². The molecule has 0 spiro atoms. The van der Waals surface area contributed by atoms with Crippen LogP contribution in [0.3, 0.4) is 0 Å². The molecule has 2 heterocycles. The number of rotatable bonds is 0. The Labute approximate surface area is 113 Å². The third-order valence-electron chi connectivity index (χ3n) is 3.47. The Bertz CT molecular complexity index is 866. The van der Waals surface area contributed by atoms with Gasteiger partial charge in [-0.3, -0.25) is 14.5 Å². The summed E-state index contributed by atoms with van der Waals surface area (Å²) in [5, 5.41) is 5.77. The summed E-state index contributed by atoms with van der Waals surface area (Å²) in [6.45, 7) is 0. The van der Waals surface area contributed by atoms with Crippen LogP contribution in [0.2, 0.25) is 5.02 Å². The minimum absolute atomic E-state index is 0.133. The van der Waals surface area contributed by atoms with Gasteiger partial charge < -0.3 is 0 Å². The Morgan fingerprint density at radius 3 is 2.89 bits per heavy atom. The molecule has 1 aromatic carbocycles. The molecule has 4 rings (SSSR count). The van der Waals surface area contributed by atoms with E-state index in [0.29, 0.717) is 16.3 Å². The third-order valence-corrected chi connectivity index (χ3v) is 3.79. The first-order valence-corrected chi connectivity index (χ1v) is 6.21. The molecule has 1 aliphatic rings. The molecule has 0 aliphatic heterocycles. The molecule has 0 atom stereocenters. The first-order chi connectivity index (χ1) is 9.18. The minimum Gasteiger partial charge on any atom is -0.287 e. The number of ketones is 1. The van der Waals surface area contributed by atoms with Gasteiger partial charge in [0.05, 0.1) is 16.1 Å². The zero-order valence-electron chi connectivity index (χ0n) is 10.0. The molecule has 0 N–H and O–H groups in total. The smallest absolute Gasteiger partial charge is 0.214 e. The van der Waals surface area contributed by atoms with E-state index in [-0.39, 0.29) is 5.78 Å². The number of halogens is 1. The SMILES string of the molecule is Cn1nc2c3c(c(Cl)ccc31)C(=O)c1ncccc1-2. The van der Waals surface area contributed by atoms with Crippen LogP contribution in [0.25, 0.3) is 22.2 Å². The van der Waals surface area contributed by atoms with E-state index in [2.05, 4.69) is 10.1 Å². The number of nitrogens with zero attached hydrogens (tertiary/aromatic N) is 3. The van der Waals surface area contributed by atoms with Gasteiger partial charge in [0.2, 0.25) is 5.78 Å². The number of carbonyl (C=O) groups excluding carboxylic acids is 1. The number of benzene rings is 1. The highest BCUT2D eigenvalue weighted by Gasteiger charge is 2.30. The van der Waals surface area contributed by atoms with Crippen LogP contribution in [0.4, 0.5) is 0 Å². The molecule has 0 saturated carbocycles. The largest absolute Gasteiger partial charge is 0.287 e. The van der Waals surface area contributed by atoms with E-state index in [1.165, 1.54) is 0 Å². The zero-order chi connectivity index (χ0) is 13.1. The van der Waals surface area contributed by atoms with E-state index < -0.39 is 0 Å². The van der Waals surface area contributed by atoms with Crippen LogP contribution in [-0.4, -0.2) is 20.5 Å². The number of fused-ring (bicyclic) bond motifs is 2. The normalized spacial score (nSPS) is 12.8. The van der Waals surface area contributed by atoms with Crippen LogP contribution in [0, 0.1) is 0 Å². The lowest BCUT2D eigenvalue weighted by molar-refractivity contribution is 0.103. The van der Waals surface area contributed by atoms with Crippen molar-refractivity contribution in [3.05, 3.63) is 46.7 Å². The number of carbonyl (C=O) groups is 1. The van der Waals surface area contributed by atoms with Crippen molar-refractivity contribution < 1.29 is 4.79 Å². The van der Waals surface area contributed by atoms with E-state index in [1.807, 2.05) is 25.2 Å². The van der Waals surface area contributed by atoms with Crippen molar-refractivity contribution in [2.75, 3.05) is 0 Å². The Hall–Kier alpha value is -2.20. The summed E-state index contributed by atoms with van der Waals surface area (Å²) in [7, 11) is 1.86. The quantitative estimate of drug-likeness (QED) is 0.493. The fourth-order valence-electron chi connectivity index (χ4n) is 2.64. The molecule has 0 bridgehead atoms. The number of hydrogen-bond donors (Lipinski definition) is 0. The van der Waals surface area contributed by atoms with E-state index >= 15 is 0 Å². The van der Waals surface area contributed by atoms with Crippen LogP contribution >= 0.6 is 11.6 Å². The maximum Gasteiger partial charge on any atom is 0.214 e. The van der Waals surface area contributed by atoms with Crippen molar-refractivity contribution in [2.24, 2.45) is 7.05 Å². The highest BCUT2D eigenvalue weighted by Crippen LogP contribution is 2.40. The van der Waals surface area contributed by atoms with E-state index in [4.69, 9.17) is 11.6 Å². The minimum atomic E-state index is -0.133. The molecule has 4 nitrogen and oxygen atoms in total. The van der Waals surface area contributed by atoms with Gasteiger partial charge in [0, 0.05) is 24.2 Å². The predicted molar refractivity (Wildman–Crippen MR) is 72.4 cm³/mol. The Morgan fingerprint density at radius 2 is 2.05 bits per heavy atom. The lowest BCUT2D eigenvalue weighted by Crippen LogP contribution is -2.11. The molecular formula is C14H8ClN3O. The van der Waals surface area contributed by atoms with Crippen molar-refractivity contribution in [1.82, 2.24) is 14.8 Å². The lowest BCUT2D eigenvalue weighted by Gasteiger charge is -2.14. The van der Waals surface area contributed by atoms with Gasteiger partial charge in [0.1, 0.15) is 11.4 Å². The van der Waals surface area contributed by atoms with Gasteiger partial charge in [-0.05, 0) is 24.3 Å². The fourth-order valence-corrected chi connectivity index (χ4v) is 2.88. The highest BCUT2D eigenvalue weighted by atomic mass is 35.5. The predicted octanol–water partition coefficient (Wildman–Crippen LogP) is 2.83. The average Bonchev–Trinajstić information content (AvgIpc) is 2.75. The Kier molecular flexibility index (Phi) is 1.93. The second-order valence-corrected chi connectivity index (χ2v) is 4.92. The van der Waals surface area contributed by atoms with Crippen LogP contribution in [0.15, 0.2) is 30.5 Å². The molecule has 0 saturated heterocycles. The number of hydrogen-bond acceptors (Lipinski definition) is 3. The van der Waals surface area contributed by atoms with Gasteiger partial charge >= 0.3 is 0 Å². The molecule has 0 radical (unpaired) electrons. The standard InChI is InChI=1S/C14H8ClN3O/c1-18-9-5-4-8(15)10-11(9)12(17-18)7-3-2-6-16-13(7)14(10)19/h2-6H,1H3. The van der Waals surface area contributed by atoms with Gasteiger partial charge in [-0.1, -0.05) is 11.6 Å². The first-order valence-electron chi connectivity index (χ1n) is 5.84. The summed E-state index contributed by atoms with van der Waals surface area (Å²) in [4.78, 5) is 16.7. The maximum atomic E-state index is 12.5. The lowest BCUT2D eigenvalue weighted by atomic mass is 9.91. The molecule has 1 aliphatic carbocycles. The van der Waals surface area contributed by atoms with Crippen LogP contribution in [0.1, 0.15) is 16.1 Å². The van der Waals surface area contributed by atoms with E-state index in [9.17, 15) is 4.79 Å². The molecule has 19 heavy (non-hydrogen) atoms. The number of aromatic nitrogens is 3. The molecule has 5 heteroatoms. The summed E-state index contributed by atoms with van der Waals surface area (Å²) < 4.78 is 1.76. The second kappa shape index (κ2) is 3.42. The van der Waals surface area contributed by atoms with Crippen molar-refractivity contribution in [3.63, 3.8) is 0 Å². The summed E-state index contributed by atoms with van der Waals surface area (Å²) in [5.74, 6) is -0.133. The van der Waals surface area contributed by atoms with Gasteiger partial charge in [0.15, 0.2) is 0 Å². The summed E-state index contributed by atoms with van der Waals surface area (Å²) in [5.41, 5.74) is 3.37. The van der Waals surface area contributed by atoms with Crippen molar-refractivity contribution in [1.29, 1.82) is 0 Å². The molecule has 0 unspecified atom stereocenters. The van der Waals surface area contributed by atoms with E-state index in [0.717, 1.165) is 22.2 Å². The molecule has 0 fully saturated rings. The molecular weight excluding hydrogens is 262 g/mol. The number of pyridine rings is 1. The Morgan fingerprint density at radius 1 is 1.21 bits per heavy atom. The van der Waals surface area contributed by atoms with Gasteiger partial charge in [-0.25, -0.2) is 0 Å². The van der Waals surface area contributed by atoms with Crippen LogP contribution in [-0.2, 0) is 7.05 Å². The summed E-state index contributed by atoms with van der Waals surface area (Å²) in [6, 6.07) is 7.29. The van der Waals surface area contributed by atoms with Gasteiger partial charge in [0.25, 0.3) is 0 Å². The third kappa shape index (κ3) is 1.21. The highest BCUT2D eigenvalue weighted by molar-refractivity contribution is 6.38. The molecule has 2 aromatic heterocycles. The van der Waals surface area contributed by atoms with Crippen LogP contribution in [0.5, 0.6) is 0 Å². The molecule has 0 amide bonds. The fraction of sp³-hybridized carbons (Fsp3) is 0.0714. The summed E-state index contributed by atoms with van der Waals surface area (Å²) >= 11 is 6.19. The van der Waals surface area contributed by atoms with Crippen molar-refractivity contribution >= 4 is 28.3 Å². The summed E-state index contributed by atoms with van der Waals surface area (Å²) in [6.07, 6.45) is 1.61. The maximum absolute atomic E-state index is 12.5. The molecule has 3 aromatic rings. The second-order valence-electron chi connectivity index (χ2n) is 4.52. The molecule has 92 valence electrons. The van der Waals surface area contributed by atoms with E-state index in [1.54, 1.807) is 16.9 Å². The first kappa shape index (κ1) is 10.7. The average molecular weight is 270 g/mol. The topological polar surface area (TPSA) is 47.8 Å².